The lowest BCUT2D eigenvalue weighted by molar-refractivity contribution is 0.175. The molecule has 1 aliphatic heterocycles. The Bertz CT molecular complexity index is 419. The highest BCUT2D eigenvalue weighted by Gasteiger charge is 2.32. The molecule has 4 N–H and O–H groups in total. The molecule has 1 aromatic rings. The summed E-state index contributed by atoms with van der Waals surface area (Å²) in [7, 11) is 0. The minimum Gasteiger partial charge on any atom is -0.385 e. The van der Waals surface area contributed by atoms with Crippen LogP contribution in [0.15, 0.2) is 35.3 Å². The largest absolute Gasteiger partial charge is 0.385 e. The predicted molar refractivity (Wildman–Crippen MR) is 78.0 cm³/mol. The summed E-state index contributed by atoms with van der Waals surface area (Å²) in [5.41, 5.74) is 6.95. The summed E-state index contributed by atoms with van der Waals surface area (Å²) in [6.07, 6.45) is 1.47. The average Bonchev–Trinajstić information content (AvgIpc) is 2.67. The van der Waals surface area contributed by atoms with Crippen LogP contribution in [-0.4, -0.2) is 29.6 Å². The van der Waals surface area contributed by atoms with Gasteiger partial charge in [-0.3, -0.25) is 4.99 Å². The Morgan fingerprint density at radius 1 is 1.32 bits per heavy atom. The van der Waals surface area contributed by atoms with Crippen LogP contribution in [0, 0.1) is 5.92 Å². The summed E-state index contributed by atoms with van der Waals surface area (Å²) >= 11 is 0. The molecular weight excluding hydrogens is 238 g/mol. The lowest BCUT2D eigenvalue weighted by atomic mass is 9.96. The summed E-state index contributed by atoms with van der Waals surface area (Å²) in [6.45, 7) is 3.87. The van der Waals surface area contributed by atoms with E-state index in [-0.39, 0.29) is 12.0 Å². The zero-order valence-corrected chi connectivity index (χ0v) is 11.4. The van der Waals surface area contributed by atoms with Crippen LogP contribution in [-0.2, 0) is 6.54 Å². The van der Waals surface area contributed by atoms with Gasteiger partial charge in [-0.25, -0.2) is 0 Å². The number of nitrogens with one attached hydrogen (secondary N) is 1. The van der Waals surface area contributed by atoms with Crippen molar-refractivity contribution in [3.8, 4) is 0 Å². The van der Waals surface area contributed by atoms with E-state index in [4.69, 9.17) is 5.73 Å². The molecule has 4 nitrogen and oxygen atoms in total. The Hall–Kier alpha value is -1.39. The van der Waals surface area contributed by atoms with Crippen molar-refractivity contribution in [2.75, 3.05) is 6.54 Å². The van der Waals surface area contributed by atoms with Gasteiger partial charge < -0.3 is 16.2 Å². The number of nitrogens with zero attached hydrogens (tertiary/aromatic N) is 1. The van der Waals surface area contributed by atoms with Gasteiger partial charge >= 0.3 is 0 Å². The van der Waals surface area contributed by atoms with Crippen LogP contribution >= 0.6 is 0 Å². The van der Waals surface area contributed by atoms with Gasteiger partial charge in [0.05, 0.1) is 6.04 Å². The van der Waals surface area contributed by atoms with Crippen molar-refractivity contribution in [1.29, 1.82) is 0 Å². The van der Waals surface area contributed by atoms with Crippen LogP contribution < -0.4 is 11.1 Å². The van der Waals surface area contributed by atoms with Gasteiger partial charge in [0.25, 0.3) is 0 Å². The molecule has 1 aliphatic rings. The van der Waals surface area contributed by atoms with Crippen molar-refractivity contribution < 1.29 is 5.11 Å². The summed E-state index contributed by atoms with van der Waals surface area (Å²) in [5.74, 6) is 0.545. The van der Waals surface area contributed by atoms with Crippen LogP contribution in [0.5, 0.6) is 0 Å². The molecule has 19 heavy (non-hydrogen) atoms. The molecule has 3 atom stereocenters. The monoisotopic (exact) mass is 261 g/mol. The van der Waals surface area contributed by atoms with Crippen molar-refractivity contribution in [2.24, 2.45) is 16.6 Å². The molecule has 0 saturated carbocycles. The molecule has 0 radical (unpaired) electrons. The predicted octanol–water partition coefficient (Wildman–Crippen LogP) is 1.29. The third kappa shape index (κ3) is 3.78. The van der Waals surface area contributed by atoms with E-state index in [0.717, 1.165) is 25.9 Å². The smallest absolute Gasteiger partial charge is 0.123 e. The van der Waals surface area contributed by atoms with Gasteiger partial charge in [-0.1, -0.05) is 37.3 Å². The van der Waals surface area contributed by atoms with Gasteiger partial charge in [0.15, 0.2) is 0 Å². The second-order valence-electron chi connectivity index (χ2n) is 5.23. The molecule has 0 bridgehead atoms. The second-order valence-corrected chi connectivity index (χ2v) is 5.23. The van der Waals surface area contributed by atoms with E-state index >= 15 is 0 Å². The molecule has 2 rings (SSSR count). The number of hydrogen-bond acceptors (Lipinski definition) is 4. The molecule has 0 amide bonds. The maximum atomic E-state index is 9.72. The molecule has 0 unspecified atom stereocenters. The Kier molecular flexibility index (Phi) is 4.93. The topological polar surface area (TPSA) is 70.6 Å². The molecule has 0 saturated heterocycles. The Morgan fingerprint density at radius 3 is 2.68 bits per heavy atom. The number of benzene rings is 1. The number of nitrogens with two attached hydrogens (primary N) is 1. The fraction of sp³-hybridized carbons (Fsp3) is 0.533. The molecule has 4 heteroatoms. The fourth-order valence-electron chi connectivity index (χ4n) is 2.46. The molecule has 0 aromatic heterocycles. The van der Waals surface area contributed by atoms with E-state index in [9.17, 15) is 5.11 Å². The summed E-state index contributed by atoms with van der Waals surface area (Å²) in [5, 5.41) is 13.1. The van der Waals surface area contributed by atoms with E-state index < -0.39 is 6.10 Å². The Balaban J connectivity index is 1.63. The van der Waals surface area contributed by atoms with Gasteiger partial charge in [0, 0.05) is 12.5 Å². The number of aliphatic imine (C=N–C) groups is 1. The molecule has 0 fully saturated rings. The van der Waals surface area contributed by atoms with Gasteiger partial charge in [-0.05, 0) is 24.9 Å². The molecular formula is C15H23N3O. The zero-order chi connectivity index (χ0) is 13.7. The van der Waals surface area contributed by atoms with Crippen molar-refractivity contribution >= 4 is 5.84 Å². The Labute approximate surface area is 114 Å². The first-order valence-electron chi connectivity index (χ1n) is 6.94. The van der Waals surface area contributed by atoms with Crippen molar-refractivity contribution in [1.82, 2.24) is 5.32 Å². The molecule has 104 valence electrons. The second kappa shape index (κ2) is 6.68. The van der Waals surface area contributed by atoms with Gasteiger partial charge in [0.1, 0.15) is 11.9 Å². The van der Waals surface area contributed by atoms with E-state index in [2.05, 4.69) is 34.6 Å². The number of amidine groups is 1. The SMILES string of the molecule is C[C@@H]1[C@H](O)C(N)=N[C@@H]1CCCNCc1ccccc1. The first-order valence-corrected chi connectivity index (χ1v) is 6.94. The van der Waals surface area contributed by atoms with Crippen molar-refractivity contribution in [3.05, 3.63) is 35.9 Å². The highest BCUT2D eigenvalue weighted by atomic mass is 16.3. The first kappa shape index (κ1) is 14.0. The van der Waals surface area contributed by atoms with E-state index in [0.29, 0.717) is 5.84 Å². The fourth-order valence-corrected chi connectivity index (χ4v) is 2.46. The van der Waals surface area contributed by atoms with Crippen molar-refractivity contribution in [3.63, 3.8) is 0 Å². The number of aliphatic hydroxyl groups is 1. The van der Waals surface area contributed by atoms with Gasteiger partial charge in [-0.2, -0.15) is 0 Å². The third-order valence-electron chi connectivity index (χ3n) is 3.75. The lowest BCUT2D eigenvalue weighted by Crippen LogP contribution is -2.30. The van der Waals surface area contributed by atoms with Crippen LogP contribution in [0.2, 0.25) is 0 Å². The average molecular weight is 261 g/mol. The summed E-state index contributed by atoms with van der Waals surface area (Å²) in [4.78, 5) is 4.32. The van der Waals surface area contributed by atoms with E-state index in [1.807, 2.05) is 13.0 Å². The van der Waals surface area contributed by atoms with Crippen molar-refractivity contribution in [2.45, 2.75) is 38.5 Å². The quantitative estimate of drug-likeness (QED) is 0.676. The highest BCUT2D eigenvalue weighted by Crippen LogP contribution is 2.23. The minimum absolute atomic E-state index is 0.147. The van der Waals surface area contributed by atoms with Crippen LogP contribution in [0.25, 0.3) is 0 Å². The number of hydrogen-bond donors (Lipinski definition) is 3. The van der Waals surface area contributed by atoms with E-state index in [1.54, 1.807) is 0 Å². The summed E-state index contributed by atoms with van der Waals surface area (Å²) < 4.78 is 0. The third-order valence-corrected chi connectivity index (χ3v) is 3.75. The lowest BCUT2D eigenvalue weighted by Gasteiger charge is -2.15. The molecule has 1 aromatic carbocycles. The zero-order valence-electron chi connectivity index (χ0n) is 11.4. The van der Waals surface area contributed by atoms with Crippen LogP contribution in [0.1, 0.15) is 25.3 Å². The number of rotatable bonds is 6. The Morgan fingerprint density at radius 2 is 2.05 bits per heavy atom. The van der Waals surface area contributed by atoms with Crippen LogP contribution in [0.4, 0.5) is 0 Å². The molecule has 1 heterocycles. The van der Waals surface area contributed by atoms with E-state index in [1.165, 1.54) is 5.56 Å². The maximum absolute atomic E-state index is 9.72. The molecule has 0 aliphatic carbocycles. The number of aliphatic hydroxyl groups excluding tert-OH is 1. The van der Waals surface area contributed by atoms with Crippen LogP contribution in [0.3, 0.4) is 0 Å². The minimum atomic E-state index is -0.553. The first-order chi connectivity index (χ1) is 9.18. The maximum Gasteiger partial charge on any atom is 0.123 e. The normalized spacial score (nSPS) is 26.4. The highest BCUT2D eigenvalue weighted by molar-refractivity contribution is 5.86. The van der Waals surface area contributed by atoms with Gasteiger partial charge in [0.2, 0.25) is 0 Å². The standard InChI is InChI=1S/C15H23N3O/c1-11-13(18-15(16)14(11)19)8-5-9-17-10-12-6-3-2-4-7-12/h2-4,6-7,11,13-14,17,19H,5,8-10H2,1H3,(H2,16,18)/t11-,13+,14-/m0/s1. The van der Waals surface area contributed by atoms with Gasteiger partial charge in [-0.15, -0.1) is 0 Å². The molecule has 0 spiro atoms. The summed E-state index contributed by atoms with van der Waals surface area (Å²) in [6, 6.07) is 10.5.